The number of nitrogens with zero attached hydrogens (tertiary/aromatic N) is 2. The molecule has 3 aromatic rings. The van der Waals surface area contributed by atoms with Crippen molar-refractivity contribution in [3.05, 3.63) is 98.5 Å². The van der Waals surface area contributed by atoms with Crippen LogP contribution in [0.25, 0.3) is 0 Å². The van der Waals surface area contributed by atoms with E-state index in [-0.39, 0.29) is 11.8 Å². The van der Waals surface area contributed by atoms with Crippen LogP contribution in [0.5, 0.6) is 5.75 Å². The lowest BCUT2D eigenvalue weighted by atomic mass is 9.95. The van der Waals surface area contributed by atoms with Gasteiger partial charge in [-0.15, -0.1) is 0 Å². The van der Waals surface area contributed by atoms with Gasteiger partial charge >= 0.3 is 0 Å². The lowest BCUT2D eigenvalue weighted by Gasteiger charge is -2.37. The van der Waals surface area contributed by atoms with Crippen molar-refractivity contribution in [1.82, 2.24) is 5.01 Å². The Morgan fingerprint density at radius 1 is 1.10 bits per heavy atom. The van der Waals surface area contributed by atoms with Gasteiger partial charge in [0.2, 0.25) is 5.78 Å². The molecular formula is C24H18BrClN2O2. The van der Waals surface area contributed by atoms with Crippen molar-refractivity contribution in [1.29, 1.82) is 0 Å². The van der Waals surface area contributed by atoms with Gasteiger partial charge in [0.15, 0.2) is 0 Å². The van der Waals surface area contributed by atoms with Crippen LogP contribution >= 0.6 is 27.5 Å². The number of carbonyl (C=O) groups is 1. The SMILES string of the molecule is Cc1ccc(C2=NN3C(C(=O)c4ccc(Cl)cc4)Oc4ccc(Br)cc4C3C2)cc1. The quantitative estimate of drug-likeness (QED) is 0.421. The molecule has 0 amide bonds. The number of hydrogen-bond acceptors (Lipinski definition) is 4. The second-order valence-corrected chi connectivity index (χ2v) is 8.89. The van der Waals surface area contributed by atoms with Crippen molar-refractivity contribution in [2.45, 2.75) is 25.6 Å². The lowest BCUT2D eigenvalue weighted by Crippen LogP contribution is -2.45. The number of Topliss-reactive ketones (excluding diaryl/α,β-unsaturated/α-hetero) is 1. The number of rotatable bonds is 3. The largest absolute Gasteiger partial charge is 0.461 e. The minimum Gasteiger partial charge on any atom is -0.461 e. The smallest absolute Gasteiger partial charge is 0.251 e. The summed E-state index contributed by atoms with van der Waals surface area (Å²) in [5, 5.41) is 7.24. The first-order valence-corrected chi connectivity index (χ1v) is 10.9. The Bertz CT molecular complexity index is 1160. The predicted molar refractivity (Wildman–Crippen MR) is 121 cm³/mol. The monoisotopic (exact) mass is 480 g/mol. The number of halogens is 2. The standard InChI is InChI=1S/C24H18BrClN2O2/c1-14-2-4-15(5-3-14)20-13-21-19-12-17(25)8-11-22(19)30-24(28(21)27-20)23(29)16-6-9-18(26)10-7-16/h2-12,21,24H,13H2,1H3. The number of benzene rings is 3. The highest BCUT2D eigenvalue weighted by Gasteiger charge is 2.43. The van der Waals surface area contributed by atoms with Gasteiger partial charge in [-0.2, -0.15) is 5.10 Å². The second kappa shape index (κ2) is 7.56. The number of ether oxygens (including phenoxy) is 1. The average molecular weight is 482 g/mol. The highest BCUT2D eigenvalue weighted by Crippen LogP contribution is 2.44. The summed E-state index contributed by atoms with van der Waals surface area (Å²) in [4.78, 5) is 13.3. The minimum absolute atomic E-state index is 0.0659. The van der Waals surface area contributed by atoms with E-state index in [1.54, 1.807) is 29.3 Å². The molecule has 6 heteroatoms. The number of carbonyl (C=O) groups excluding carboxylic acids is 1. The summed E-state index contributed by atoms with van der Waals surface area (Å²) in [7, 11) is 0. The summed E-state index contributed by atoms with van der Waals surface area (Å²) in [6.45, 7) is 2.06. The first-order chi connectivity index (χ1) is 14.5. The van der Waals surface area contributed by atoms with Crippen molar-refractivity contribution >= 4 is 39.0 Å². The fraction of sp³-hybridized carbons (Fsp3) is 0.167. The third-order valence-corrected chi connectivity index (χ3v) is 6.23. The van der Waals surface area contributed by atoms with Crippen LogP contribution in [-0.4, -0.2) is 22.7 Å². The summed E-state index contributed by atoms with van der Waals surface area (Å²) in [5.41, 5.74) is 4.77. The molecule has 2 aliphatic rings. The maximum atomic E-state index is 13.3. The summed E-state index contributed by atoms with van der Waals surface area (Å²) in [5.74, 6) is 0.575. The van der Waals surface area contributed by atoms with Gasteiger partial charge < -0.3 is 4.74 Å². The first-order valence-electron chi connectivity index (χ1n) is 9.68. The topological polar surface area (TPSA) is 41.9 Å². The van der Waals surface area contributed by atoms with Gasteiger partial charge in [-0.25, -0.2) is 5.01 Å². The first kappa shape index (κ1) is 19.3. The van der Waals surface area contributed by atoms with Gasteiger partial charge in [-0.05, 0) is 55.0 Å². The molecule has 0 bridgehead atoms. The van der Waals surface area contributed by atoms with Crippen LogP contribution in [0.4, 0.5) is 0 Å². The molecule has 0 spiro atoms. The van der Waals surface area contributed by atoms with Crippen LogP contribution in [0.1, 0.15) is 39.5 Å². The zero-order valence-electron chi connectivity index (χ0n) is 16.2. The van der Waals surface area contributed by atoms with E-state index in [0.717, 1.165) is 21.3 Å². The van der Waals surface area contributed by atoms with Gasteiger partial charge in [-0.3, -0.25) is 4.79 Å². The third-order valence-electron chi connectivity index (χ3n) is 5.49. The zero-order valence-corrected chi connectivity index (χ0v) is 18.5. The van der Waals surface area contributed by atoms with E-state index in [0.29, 0.717) is 22.8 Å². The Balaban J connectivity index is 1.57. The van der Waals surface area contributed by atoms with Crippen molar-refractivity contribution in [3.63, 3.8) is 0 Å². The van der Waals surface area contributed by atoms with Crippen molar-refractivity contribution in [3.8, 4) is 5.75 Å². The summed E-state index contributed by atoms with van der Waals surface area (Å²) in [6.07, 6.45) is -0.118. The van der Waals surface area contributed by atoms with Gasteiger partial charge in [0.25, 0.3) is 6.23 Å². The van der Waals surface area contributed by atoms with E-state index >= 15 is 0 Å². The number of hydrazone groups is 1. The van der Waals surface area contributed by atoms with Crippen LogP contribution in [0.2, 0.25) is 5.02 Å². The molecule has 2 unspecified atom stereocenters. The van der Waals surface area contributed by atoms with E-state index in [4.69, 9.17) is 21.4 Å². The molecule has 5 rings (SSSR count). The summed E-state index contributed by atoms with van der Waals surface area (Å²) >= 11 is 9.54. The van der Waals surface area contributed by atoms with Gasteiger partial charge in [-0.1, -0.05) is 57.4 Å². The minimum atomic E-state index is -0.826. The van der Waals surface area contributed by atoms with Gasteiger partial charge in [0.05, 0.1) is 11.8 Å². The molecule has 0 saturated heterocycles. The third kappa shape index (κ3) is 3.42. The lowest BCUT2D eigenvalue weighted by molar-refractivity contribution is -0.00459. The highest BCUT2D eigenvalue weighted by molar-refractivity contribution is 9.10. The molecule has 0 aromatic heterocycles. The number of hydrogen-bond donors (Lipinski definition) is 0. The van der Waals surface area contributed by atoms with Crippen molar-refractivity contribution < 1.29 is 9.53 Å². The van der Waals surface area contributed by atoms with Gasteiger partial charge in [0, 0.05) is 27.0 Å². The van der Waals surface area contributed by atoms with Crippen LogP contribution < -0.4 is 4.74 Å². The van der Waals surface area contributed by atoms with Crippen LogP contribution in [0.3, 0.4) is 0 Å². The van der Waals surface area contributed by atoms with E-state index in [1.807, 2.05) is 18.2 Å². The van der Waals surface area contributed by atoms with Gasteiger partial charge in [0.1, 0.15) is 5.75 Å². The van der Waals surface area contributed by atoms with Crippen LogP contribution in [0.15, 0.2) is 76.3 Å². The van der Waals surface area contributed by atoms with E-state index in [1.165, 1.54) is 5.56 Å². The van der Waals surface area contributed by atoms with Crippen molar-refractivity contribution in [2.24, 2.45) is 5.10 Å². The Morgan fingerprint density at radius 3 is 2.57 bits per heavy atom. The molecule has 2 aliphatic heterocycles. The van der Waals surface area contributed by atoms with Crippen LogP contribution in [-0.2, 0) is 0 Å². The maximum absolute atomic E-state index is 13.3. The molecule has 0 N–H and O–H groups in total. The molecule has 0 fully saturated rings. The number of fused-ring (bicyclic) bond motifs is 3. The summed E-state index contributed by atoms with van der Waals surface area (Å²) < 4.78 is 7.13. The predicted octanol–water partition coefficient (Wildman–Crippen LogP) is 6.16. The Morgan fingerprint density at radius 2 is 1.83 bits per heavy atom. The molecule has 150 valence electrons. The molecule has 2 atom stereocenters. The normalized spacial score (nSPS) is 19.6. The molecule has 2 heterocycles. The molecule has 30 heavy (non-hydrogen) atoms. The molecule has 0 radical (unpaired) electrons. The van der Waals surface area contributed by atoms with Crippen molar-refractivity contribution in [2.75, 3.05) is 0 Å². The molecule has 0 aliphatic carbocycles. The second-order valence-electron chi connectivity index (χ2n) is 7.54. The Labute approximate surface area is 188 Å². The number of ketones is 1. The molecule has 3 aromatic carbocycles. The highest BCUT2D eigenvalue weighted by atomic mass is 79.9. The van der Waals surface area contributed by atoms with E-state index < -0.39 is 6.23 Å². The Kier molecular flexibility index (Phi) is 4.88. The zero-order chi connectivity index (χ0) is 20.8. The fourth-order valence-electron chi connectivity index (χ4n) is 3.91. The Hall–Kier alpha value is -2.63. The average Bonchev–Trinajstić information content (AvgIpc) is 3.19. The van der Waals surface area contributed by atoms with Crippen LogP contribution in [0, 0.1) is 6.92 Å². The molecule has 0 saturated carbocycles. The fourth-order valence-corrected chi connectivity index (χ4v) is 4.41. The maximum Gasteiger partial charge on any atom is 0.251 e. The number of aryl methyl sites for hydroxylation is 1. The molecular weight excluding hydrogens is 464 g/mol. The summed E-state index contributed by atoms with van der Waals surface area (Å²) in [6, 6.07) is 21.0. The van der Waals surface area contributed by atoms with E-state index in [9.17, 15) is 4.79 Å². The molecule has 4 nitrogen and oxygen atoms in total. The van der Waals surface area contributed by atoms with E-state index in [2.05, 4.69) is 47.1 Å².